The molecule has 2 nitrogen and oxygen atoms in total. The van der Waals surface area contributed by atoms with Crippen molar-refractivity contribution < 1.29 is 0 Å². The van der Waals surface area contributed by atoms with E-state index < -0.39 is 0 Å². The second-order valence-corrected chi connectivity index (χ2v) is 5.80. The minimum Gasteiger partial charge on any atom is -0.326 e. The first-order valence-corrected chi connectivity index (χ1v) is 5.83. The van der Waals surface area contributed by atoms with Gasteiger partial charge < -0.3 is 5.73 Å². The van der Waals surface area contributed by atoms with Crippen LogP contribution in [0, 0.1) is 5.41 Å². The van der Waals surface area contributed by atoms with Crippen LogP contribution in [0.15, 0.2) is 0 Å². The molecule has 1 unspecified atom stereocenters. The van der Waals surface area contributed by atoms with E-state index in [0.29, 0.717) is 11.5 Å². The molecule has 0 aromatic heterocycles. The minimum absolute atomic E-state index is 0.421. The zero-order valence-electron chi connectivity index (χ0n) is 7.43. The van der Waals surface area contributed by atoms with Gasteiger partial charge in [-0.25, -0.2) is 3.11 Å². The monoisotopic (exact) mass is 280 g/mol. The van der Waals surface area contributed by atoms with Crippen LogP contribution in [-0.2, 0) is 0 Å². The lowest BCUT2D eigenvalue weighted by Crippen LogP contribution is -2.37. The average Bonchev–Trinajstić information content (AvgIpc) is 2.07. The molecule has 1 spiro atoms. The summed E-state index contributed by atoms with van der Waals surface area (Å²) < 4.78 is 2.36. The smallest absolute Gasteiger partial charge is 0.0233 e. The van der Waals surface area contributed by atoms with Gasteiger partial charge in [-0.1, -0.05) is 6.42 Å². The highest BCUT2D eigenvalue weighted by molar-refractivity contribution is 14.1. The van der Waals surface area contributed by atoms with E-state index >= 15 is 0 Å². The third-order valence-electron chi connectivity index (χ3n) is 3.43. The predicted octanol–water partition coefficient (Wildman–Crippen LogP) is 1.93. The van der Waals surface area contributed by atoms with E-state index in [0.717, 1.165) is 6.54 Å². The number of hydrogen-bond donors (Lipinski definition) is 1. The van der Waals surface area contributed by atoms with Crippen molar-refractivity contribution in [2.75, 3.05) is 13.1 Å². The number of halogens is 1. The molecule has 2 aliphatic rings. The third kappa shape index (κ3) is 1.77. The molecular formula is C9H17IN2. The summed E-state index contributed by atoms with van der Waals surface area (Å²) in [7, 11) is 0. The lowest BCUT2D eigenvalue weighted by atomic mass is 9.64. The van der Waals surface area contributed by atoms with Gasteiger partial charge in [-0.2, -0.15) is 0 Å². The fourth-order valence-corrected chi connectivity index (χ4v) is 3.31. The minimum atomic E-state index is 0.421. The SMILES string of the molecule is NC1CN(I)CCC2(CCC2)C1. The first-order valence-electron chi connectivity index (χ1n) is 4.87. The second kappa shape index (κ2) is 3.42. The Balaban J connectivity index is 1.99. The lowest BCUT2D eigenvalue weighted by molar-refractivity contribution is 0.108. The number of rotatable bonds is 0. The number of nitrogens with zero attached hydrogens (tertiary/aromatic N) is 1. The van der Waals surface area contributed by atoms with Crippen LogP contribution < -0.4 is 5.73 Å². The fraction of sp³-hybridized carbons (Fsp3) is 1.00. The Morgan fingerprint density at radius 3 is 2.67 bits per heavy atom. The van der Waals surface area contributed by atoms with Crippen molar-refractivity contribution in [1.82, 2.24) is 3.11 Å². The van der Waals surface area contributed by atoms with Gasteiger partial charge in [0.1, 0.15) is 0 Å². The fourth-order valence-electron chi connectivity index (χ4n) is 2.56. The molecule has 0 aromatic carbocycles. The van der Waals surface area contributed by atoms with Crippen molar-refractivity contribution in [3.05, 3.63) is 0 Å². The number of hydrogen-bond acceptors (Lipinski definition) is 2. The van der Waals surface area contributed by atoms with Gasteiger partial charge in [0, 0.05) is 42.0 Å². The zero-order valence-corrected chi connectivity index (χ0v) is 9.59. The van der Waals surface area contributed by atoms with E-state index in [9.17, 15) is 0 Å². The van der Waals surface area contributed by atoms with Crippen molar-refractivity contribution in [2.24, 2.45) is 11.1 Å². The molecule has 3 heteroatoms. The van der Waals surface area contributed by atoms with Crippen LogP contribution in [0.4, 0.5) is 0 Å². The van der Waals surface area contributed by atoms with Gasteiger partial charge in [0.25, 0.3) is 0 Å². The predicted molar refractivity (Wildman–Crippen MR) is 59.1 cm³/mol. The van der Waals surface area contributed by atoms with Crippen LogP contribution in [0.25, 0.3) is 0 Å². The molecule has 1 saturated heterocycles. The van der Waals surface area contributed by atoms with E-state index in [1.165, 1.54) is 38.6 Å². The first-order chi connectivity index (χ1) is 5.70. The molecule has 1 saturated carbocycles. The molecule has 0 bridgehead atoms. The van der Waals surface area contributed by atoms with Crippen molar-refractivity contribution in [1.29, 1.82) is 0 Å². The molecule has 12 heavy (non-hydrogen) atoms. The second-order valence-electron chi connectivity index (χ2n) is 4.44. The van der Waals surface area contributed by atoms with Crippen molar-refractivity contribution >= 4 is 22.9 Å². The van der Waals surface area contributed by atoms with Gasteiger partial charge >= 0.3 is 0 Å². The summed E-state index contributed by atoms with van der Waals surface area (Å²) in [4.78, 5) is 0. The summed E-state index contributed by atoms with van der Waals surface area (Å²) >= 11 is 2.41. The van der Waals surface area contributed by atoms with Gasteiger partial charge in [-0.3, -0.25) is 0 Å². The Morgan fingerprint density at radius 2 is 2.08 bits per heavy atom. The molecule has 0 amide bonds. The Kier molecular flexibility index (Phi) is 2.63. The van der Waals surface area contributed by atoms with Crippen LogP contribution in [0.2, 0.25) is 0 Å². The molecule has 0 aromatic rings. The summed E-state index contributed by atoms with van der Waals surface area (Å²) in [6, 6.07) is 0.421. The van der Waals surface area contributed by atoms with E-state index in [1.54, 1.807) is 0 Å². The van der Waals surface area contributed by atoms with Crippen LogP contribution in [-0.4, -0.2) is 22.2 Å². The maximum atomic E-state index is 6.06. The van der Waals surface area contributed by atoms with Gasteiger partial charge in [0.15, 0.2) is 0 Å². The van der Waals surface area contributed by atoms with Gasteiger partial charge in [0.05, 0.1) is 0 Å². The zero-order chi connectivity index (χ0) is 8.60. The first kappa shape index (κ1) is 9.21. The summed E-state index contributed by atoms with van der Waals surface area (Å²) in [5.41, 5.74) is 6.73. The van der Waals surface area contributed by atoms with Crippen molar-refractivity contribution in [3.63, 3.8) is 0 Å². The molecule has 1 aliphatic carbocycles. The van der Waals surface area contributed by atoms with E-state index in [2.05, 4.69) is 26.0 Å². The van der Waals surface area contributed by atoms with Crippen LogP contribution in [0.1, 0.15) is 32.1 Å². The van der Waals surface area contributed by atoms with E-state index in [4.69, 9.17) is 5.73 Å². The normalized spacial score (nSPS) is 36.0. The Morgan fingerprint density at radius 1 is 1.33 bits per heavy atom. The van der Waals surface area contributed by atoms with Crippen LogP contribution >= 0.6 is 22.9 Å². The van der Waals surface area contributed by atoms with Gasteiger partial charge in [-0.05, 0) is 31.1 Å². The average molecular weight is 280 g/mol. The molecule has 2 fully saturated rings. The summed E-state index contributed by atoms with van der Waals surface area (Å²) in [6.07, 6.45) is 6.96. The largest absolute Gasteiger partial charge is 0.326 e. The summed E-state index contributed by atoms with van der Waals surface area (Å²) in [5.74, 6) is 0. The van der Waals surface area contributed by atoms with Gasteiger partial charge in [0.2, 0.25) is 0 Å². The maximum absolute atomic E-state index is 6.06. The quantitative estimate of drug-likeness (QED) is 0.542. The van der Waals surface area contributed by atoms with E-state index in [1.807, 2.05) is 0 Å². The molecule has 1 aliphatic heterocycles. The van der Waals surface area contributed by atoms with Crippen molar-refractivity contribution in [2.45, 2.75) is 38.1 Å². The Bertz CT molecular complexity index is 168. The Hall–Kier alpha value is 0.650. The third-order valence-corrected chi connectivity index (χ3v) is 4.30. The Labute approximate surface area is 88.4 Å². The number of nitrogens with two attached hydrogens (primary N) is 1. The van der Waals surface area contributed by atoms with Crippen LogP contribution in [0.3, 0.4) is 0 Å². The highest BCUT2D eigenvalue weighted by Gasteiger charge is 2.39. The van der Waals surface area contributed by atoms with Crippen molar-refractivity contribution in [3.8, 4) is 0 Å². The molecule has 1 atom stereocenters. The standard InChI is InChI=1S/C9H17IN2/c10-12-5-4-9(2-1-3-9)6-8(11)7-12/h8H,1-7,11H2. The topological polar surface area (TPSA) is 29.3 Å². The van der Waals surface area contributed by atoms with E-state index in [-0.39, 0.29) is 0 Å². The van der Waals surface area contributed by atoms with Gasteiger partial charge in [-0.15, -0.1) is 0 Å². The maximum Gasteiger partial charge on any atom is 0.0233 e. The molecule has 0 radical (unpaired) electrons. The summed E-state index contributed by atoms with van der Waals surface area (Å²) in [6.45, 7) is 2.33. The molecule has 2 N–H and O–H groups in total. The molecular weight excluding hydrogens is 263 g/mol. The molecule has 2 rings (SSSR count). The molecule has 70 valence electrons. The lowest BCUT2D eigenvalue weighted by Gasteiger charge is -2.42. The highest BCUT2D eigenvalue weighted by Crippen LogP contribution is 2.48. The highest BCUT2D eigenvalue weighted by atomic mass is 127. The van der Waals surface area contributed by atoms with Crippen LogP contribution in [0.5, 0.6) is 0 Å². The molecule has 1 heterocycles. The summed E-state index contributed by atoms with van der Waals surface area (Å²) in [5, 5.41) is 0.